The van der Waals surface area contributed by atoms with Crippen LogP contribution in [0.15, 0.2) is 40.9 Å². The van der Waals surface area contributed by atoms with Crippen LogP contribution in [0, 0.1) is 0 Å². The Hall–Kier alpha value is -2.02. The van der Waals surface area contributed by atoms with Gasteiger partial charge in [0.15, 0.2) is 5.65 Å². The molecule has 0 amide bonds. The van der Waals surface area contributed by atoms with Gasteiger partial charge >= 0.3 is 0 Å². The number of aromatic nitrogens is 5. The largest absolute Gasteiger partial charge is 0.362 e. The zero-order valence-electron chi connectivity index (χ0n) is 10.2. The van der Waals surface area contributed by atoms with E-state index in [9.17, 15) is 0 Å². The third-order valence-electron chi connectivity index (χ3n) is 2.81. The zero-order valence-corrected chi connectivity index (χ0v) is 11.7. The fourth-order valence-corrected chi connectivity index (χ4v) is 2.48. The average molecular weight is 319 g/mol. The number of nitrogens with zero attached hydrogens (tertiary/aromatic N) is 5. The molecule has 19 heavy (non-hydrogen) atoms. The van der Waals surface area contributed by atoms with Gasteiger partial charge in [-0.1, -0.05) is 34.1 Å². The molecule has 0 aliphatic rings. The van der Waals surface area contributed by atoms with Gasteiger partial charge in [-0.2, -0.15) is 0 Å². The van der Waals surface area contributed by atoms with Gasteiger partial charge in [0.05, 0.1) is 6.04 Å². The molecule has 7 heteroatoms. The summed E-state index contributed by atoms with van der Waals surface area (Å²) in [4.78, 5) is 0. The molecule has 1 atom stereocenters. The maximum absolute atomic E-state index is 4.28. The van der Waals surface area contributed by atoms with Crippen molar-refractivity contribution >= 4 is 27.4 Å². The fourth-order valence-electron chi connectivity index (χ4n) is 1.85. The Morgan fingerprint density at radius 3 is 2.89 bits per heavy atom. The number of rotatable bonds is 3. The second-order valence-electron chi connectivity index (χ2n) is 4.13. The van der Waals surface area contributed by atoms with Crippen molar-refractivity contribution in [2.75, 3.05) is 5.32 Å². The van der Waals surface area contributed by atoms with Gasteiger partial charge in [-0.15, -0.1) is 14.8 Å². The molecule has 6 nitrogen and oxygen atoms in total. The van der Waals surface area contributed by atoms with Gasteiger partial charge in [-0.05, 0) is 41.1 Å². The Kier molecular flexibility index (Phi) is 3.12. The van der Waals surface area contributed by atoms with Gasteiger partial charge < -0.3 is 5.32 Å². The summed E-state index contributed by atoms with van der Waals surface area (Å²) < 4.78 is 2.47. The highest BCUT2D eigenvalue weighted by molar-refractivity contribution is 9.10. The normalized spacial score (nSPS) is 12.5. The van der Waals surface area contributed by atoms with E-state index >= 15 is 0 Å². The van der Waals surface area contributed by atoms with Crippen LogP contribution in [0.2, 0.25) is 0 Å². The number of hydrogen-bond donors (Lipinski definition) is 1. The van der Waals surface area contributed by atoms with Crippen LogP contribution >= 0.6 is 15.9 Å². The number of hydrogen-bond acceptors (Lipinski definition) is 5. The zero-order chi connectivity index (χ0) is 13.2. The van der Waals surface area contributed by atoms with Gasteiger partial charge in [-0.25, -0.2) is 0 Å². The smallest absolute Gasteiger partial charge is 0.200 e. The van der Waals surface area contributed by atoms with Crippen molar-refractivity contribution in [2.24, 2.45) is 0 Å². The SMILES string of the molecule is C[C@@H](Nc1ccc2nnnn2n1)c1ccccc1Br. The maximum atomic E-state index is 4.28. The molecular formula is C12H11BrN6. The molecule has 2 heterocycles. The van der Waals surface area contributed by atoms with E-state index in [0.29, 0.717) is 5.65 Å². The van der Waals surface area contributed by atoms with Crippen LogP contribution in [0.3, 0.4) is 0 Å². The quantitative estimate of drug-likeness (QED) is 0.803. The molecule has 1 aromatic carbocycles. The molecule has 0 saturated carbocycles. The Labute approximate surface area is 118 Å². The summed E-state index contributed by atoms with van der Waals surface area (Å²) in [6.07, 6.45) is 0. The van der Waals surface area contributed by atoms with Gasteiger partial charge in [0.25, 0.3) is 0 Å². The summed E-state index contributed by atoms with van der Waals surface area (Å²) >= 11 is 3.55. The summed E-state index contributed by atoms with van der Waals surface area (Å²) in [5.74, 6) is 0.725. The number of tetrazole rings is 1. The summed E-state index contributed by atoms with van der Waals surface area (Å²) in [7, 11) is 0. The van der Waals surface area contributed by atoms with Crippen LogP contribution in [0.25, 0.3) is 5.65 Å². The molecule has 0 fully saturated rings. The predicted molar refractivity (Wildman–Crippen MR) is 74.8 cm³/mol. The van der Waals surface area contributed by atoms with Crippen LogP contribution in [0.1, 0.15) is 18.5 Å². The van der Waals surface area contributed by atoms with E-state index in [2.05, 4.69) is 54.9 Å². The highest BCUT2D eigenvalue weighted by atomic mass is 79.9. The molecule has 0 spiro atoms. The van der Waals surface area contributed by atoms with Crippen LogP contribution in [0.5, 0.6) is 0 Å². The monoisotopic (exact) mass is 318 g/mol. The molecule has 0 aliphatic carbocycles. The number of benzene rings is 1. The maximum Gasteiger partial charge on any atom is 0.200 e. The second kappa shape index (κ2) is 4.93. The molecule has 1 N–H and O–H groups in total. The van der Waals surface area contributed by atoms with Crippen molar-refractivity contribution in [2.45, 2.75) is 13.0 Å². The van der Waals surface area contributed by atoms with Gasteiger partial charge in [0, 0.05) is 4.47 Å². The Balaban J connectivity index is 1.86. The van der Waals surface area contributed by atoms with E-state index < -0.39 is 0 Å². The number of anilines is 1. The molecule has 0 saturated heterocycles. The van der Waals surface area contributed by atoms with E-state index in [1.165, 1.54) is 10.2 Å². The van der Waals surface area contributed by atoms with E-state index in [4.69, 9.17) is 0 Å². The van der Waals surface area contributed by atoms with Crippen LogP contribution in [-0.2, 0) is 0 Å². The lowest BCUT2D eigenvalue weighted by molar-refractivity contribution is 0.728. The molecule has 3 rings (SSSR count). The Bertz CT molecular complexity index is 710. The van der Waals surface area contributed by atoms with Crippen LogP contribution in [-0.4, -0.2) is 25.3 Å². The number of halogens is 1. The van der Waals surface area contributed by atoms with E-state index in [1.807, 2.05) is 30.3 Å². The predicted octanol–water partition coefficient (Wildman–Crippen LogP) is 2.45. The van der Waals surface area contributed by atoms with Crippen molar-refractivity contribution in [3.63, 3.8) is 0 Å². The summed E-state index contributed by atoms with van der Waals surface area (Å²) in [5.41, 5.74) is 1.79. The number of nitrogens with one attached hydrogen (secondary N) is 1. The first-order valence-corrected chi connectivity index (χ1v) is 6.60. The minimum Gasteiger partial charge on any atom is -0.362 e. The molecule has 0 unspecified atom stereocenters. The number of fused-ring (bicyclic) bond motifs is 1. The lowest BCUT2D eigenvalue weighted by atomic mass is 10.1. The van der Waals surface area contributed by atoms with Gasteiger partial charge in [-0.3, -0.25) is 0 Å². The topological polar surface area (TPSA) is 68.0 Å². The average Bonchev–Trinajstić information content (AvgIpc) is 2.86. The lowest BCUT2D eigenvalue weighted by Gasteiger charge is -2.16. The highest BCUT2D eigenvalue weighted by Gasteiger charge is 2.10. The van der Waals surface area contributed by atoms with E-state index in [0.717, 1.165) is 10.3 Å². The molecule has 96 valence electrons. The van der Waals surface area contributed by atoms with Crippen molar-refractivity contribution in [1.29, 1.82) is 0 Å². The van der Waals surface area contributed by atoms with Crippen LogP contribution < -0.4 is 5.32 Å². The van der Waals surface area contributed by atoms with Crippen molar-refractivity contribution in [3.05, 3.63) is 46.4 Å². The minimum atomic E-state index is 0.122. The first kappa shape index (κ1) is 12.0. The van der Waals surface area contributed by atoms with Crippen LogP contribution in [0.4, 0.5) is 5.82 Å². The summed E-state index contributed by atoms with van der Waals surface area (Å²) in [6.45, 7) is 2.07. The standard InChI is InChI=1S/C12H11BrN6/c1-8(9-4-2-3-5-10(9)13)14-11-6-7-12-15-17-18-19(12)16-11/h2-8H,1H3,(H,14,16)/t8-/m1/s1. The molecular weight excluding hydrogens is 308 g/mol. The molecule has 0 aliphatic heterocycles. The lowest BCUT2D eigenvalue weighted by Crippen LogP contribution is -2.10. The van der Waals surface area contributed by atoms with E-state index in [1.54, 1.807) is 0 Å². The molecule has 0 radical (unpaired) electrons. The molecule has 3 aromatic rings. The van der Waals surface area contributed by atoms with Crippen molar-refractivity contribution < 1.29 is 0 Å². The summed E-state index contributed by atoms with van der Waals surface area (Å²) in [6, 6.07) is 11.9. The highest BCUT2D eigenvalue weighted by Crippen LogP contribution is 2.25. The molecule has 0 bridgehead atoms. The van der Waals surface area contributed by atoms with Crippen molar-refractivity contribution in [3.8, 4) is 0 Å². The van der Waals surface area contributed by atoms with E-state index in [-0.39, 0.29) is 6.04 Å². The fraction of sp³-hybridized carbons (Fsp3) is 0.167. The third kappa shape index (κ3) is 2.41. The first-order valence-electron chi connectivity index (χ1n) is 5.80. The van der Waals surface area contributed by atoms with Crippen molar-refractivity contribution in [1.82, 2.24) is 25.3 Å². The van der Waals surface area contributed by atoms with Gasteiger partial charge in [0.2, 0.25) is 0 Å². The Morgan fingerprint density at radius 2 is 2.05 bits per heavy atom. The minimum absolute atomic E-state index is 0.122. The third-order valence-corrected chi connectivity index (χ3v) is 3.53. The molecule has 2 aromatic heterocycles. The summed E-state index contributed by atoms with van der Waals surface area (Å²) in [5, 5.41) is 18.8. The first-order chi connectivity index (χ1) is 9.24. The second-order valence-corrected chi connectivity index (χ2v) is 4.99. The Morgan fingerprint density at radius 1 is 1.21 bits per heavy atom. The van der Waals surface area contributed by atoms with Gasteiger partial charge in [0.1, 0.15) is 5.82 Å².